The Labute approximate surface area is 304 Å². The molecule has 1 saturated heterocycles. The first kappa shape index (κ1) is 35.6. The van der Waals surface area contributed by atoms with Gasteiger partial charge in [0.25, 0.3) is 5.91 Å². The summed E-state index contributed by atoms with van der Waals surface area (Å²) in [5, 5.41) is 10.3. The van der Waals surface area contributed by atoms with Gasteiger partial charge in [-0.3, -0.25) is 19.3 Å². The van der Waals surface area contributed by atoms with Crippen LogP contribution in [-0.4, -0.2) is 62.5 Å². The van der Waals surface area contributed by atoms with Gasteiger partial charge >= 0.3 is 0 Å². The first-order chi connectivity index (χ1) is 25.0. The molecule has 1 spiro atoms. The van der Waals surface area contributed by atoms with E-state index in [1.165, 1.54) is 0 Å². The molecular weight excluding hydrogens is 678 g/mol. The predicted octanol–water partition coefficient (Wildman–Crippen LogP) is 6.65. The number of amides is 3. The Kier molecular flexibility index (Phi) is 9.53. The fourth-order valence-corrected chi connectivity index (χ4v) is 11.2. The lowest BCUT2D eigenvalue weighted by Gasteiger charge is -2.37. The van der Waals surface area contributed by atoms with Crippen molar-refractivity contribution in [2.24, 2.45) is 5.92 Å². The van der Waals surface area contributed by atoms with Gasteiger partial charge in [-0.25, -0.2) is 0 Å². The number of fused-ring (bicyclic) bond motifs is 3. The standard InChI is InChI=1S/C41H44FN3O6Si/c1-27-39(52(3,4)42)37(22-38(48)43-24-30-13-9-8-12-29(30)20-33(43)25-46)51-41(27)35-21-34(50-2)17-18-36(35)44(40(41)49)23-28-11-10-16-32(19-28)45(26-47)31-14-6-5-7-15-31/h5-19,21,26-27,33,37,39,46H,20,22-25H2,1-4H3/t27-,33+,37+,39-,41+/m1/s1. The van der Waals surface area contributed by atoms with Crippen molar-refractivity contribution < 1.29 is 33.1 Å². The number of halogens is 1. The van der Waals surface area contributed by atoms with Crippen molar-refractivity contribution in [3.8, 4) is 5.75 Å². The van der Waals surface area contributed by atoms with Crippen LogP contribution < -0.4 is 14.5 Å². The number of hydrogen-bond donors (Lipinski definition) is 1. The molecule has 4 aromatic carbocycles. The number of aliphatic hydroxyl groups is 1. The largest absolute Gasteiger partial charge is 0.497 e. The van der Waals surface area contributed by atoms with E-state index in [9.17, 15) is 19.5 Å². The second kappa shape index (κ2) is 13.9. The van der Waals surface area contributed by atoms with Gasteiger partial charge in [-0.2, -0.15) is 0 Å². The predicted molar refractivity (Wildman–Crippen MR) is 200 cm³/mol. The van der Waals surface area contributed by atoms with Crippen LogP contribution >= 0.6 is 0 Å². The number of rotatable bonds is 10. The second-order valence-electron chi connectivity index (χ2n) is 14.6. The van der Waals surface area contributed by atoms with Crippen molar-refractivity contribution in [3.05, 3.63) is 119 Å². The van der Waals surface area contributed by atoms with E-state index >= 15 is 4.11 Å². The minimum atomic E-state index is -3.55. The van der Waals surface area contributed by atoms with Crippen molar-refractivity contribution in [3.63, 3.8) is 0 Å². The molecule has 3 heterocycles. The summed E-state index contributed by atoms with van der Waals surface area (Å²) in [6.07, 6.45) is 0.291. The molecule has 0 radical (unpaired) electrons. The zero-order chi connectivity index (χ0) is 36.8. The molecule has 270 valence electrons. The molecule has 11 heteroatoms. The Morgan fingerprint density at radius 2 is 1.73 bits per heavy atom. The smallest absolute Gasteiger partial charge is 0.264 e. The number of hydrogen-bond acceptors (Lipinski definition) is 6. The molecule has 0 saturated carbocycles. The summed E-state index contributed by atoms with van der Waals surface area (Å²) in [5.41, 5.74) is 3.20. The molecule has 3 amide bonds. The van der Waals surface area contributed by atoms with E-state index in [4.69, 9.17) is 9.47 Å². The van der Waals surface area contributed by atoms with Crippen LogP contribution in [0.15, 0.2) is 97.1 Å². The molecular formula is C41H44FN3O6Si. The third-order valence-electron chi connectivity index (χ3n) is 11.1. The first-order valence-electron chi connectivity index (χ1n) is 17.7. The van der Waals surface area contributed by atoms with Crippen molar-refractivity contribution in [1.82, 2.24) is 4.90 Å². The van der Waals surface area contributed by atoms with E-state index in [0.717, 1.165) is 23.1 Å². The summed E-state index contributed by atoms with van der Waals surface area (Å²) < 4.78 is 29.1. The van der Waals surface area contributed by atoms with E-state index in [0.29, 0.717) is 41.3 Å². The van der Waals surface area contributed by atoms with Gasteiger partial charge in [-0.05, 0) is 78.7 Å². The van der Waals surface area contributed by atoms with Crippen LogP contribution in [0.2, 0.25) is 18.6 Å². The van der Waals surface area contributed by atoms with Crippen LogP contribution in [-0.2, 0) is 44.2 Å². The molecule has 4 aromatic rings. The number of anilines is 3. The number of carbonyl (C=O) groups excluding carboxylic acids is 3. The lowest BCUT2D eigenvalue weighted by atomic mass is 9.82. The molecule has 3 aliphatic rings. The maximum absolute atomic E-state index is 16.6. The molecule has 5 atom stereocenters. The number of ether oxygens (including phenoxy) is 2. The van der Waals surface area contributed by atoms with Crippen molar-refractivity contribution in [1.29, 1.82) is 0 Å². The summed E-state index contributed by atoms with van der Waals surface area (Å²) in [6.45, 7) is 5.40. The average Bonchev–Trinajstić information content (AvgIpc) is 3.57. The van der Waals surface area contributed by atoms with Crippen molar-refractivity contribution in [2.45, 2.75) is 69.2 Å². The highest BCUT2D eigenvalue weighted by Crippen LogP contribution is 2.61. The minimum absolute atomic E-state index is 0.120. The van der Waals surface area contributed by atoms with Crippen LogP contribution in [0.3, 0.4) is 0 Å². The normalized spacial score (nSPS) is 23.8. The van der Waals surface area contributed by atoms with Crippen LogP contribution in [0.25, 0.3) is 0 Å². The highest BCUT2D eigenvalue weighted by Gasteiger charge is 2.67. The number of nitrogens with zero attached hydrogens (tertiary/aromatic N) is 3. The molecule has 9 nitrogen and oxygen atoms in total. The van der Waals surface area contributed by atoms with Gasteiger partial charge in [-0.15, -0.1) is 0 Å². The van der Waals surface area contributed by atoms with E-state index in [1.807, 2.05) is 91.9 Å². The second-order valence-corrected chi connectivity index (χ2v) is 18.4. The molecule has 7 rings (SSSR count). The lowest BCUT2D eigenvalue weighted by Crippen LogP contribution is -2.48. The Morgan fingerprint density at radius 1 is 1.02 bits per heavy atom. The fourth-order valence-electron chi connectivity index (χ4n) is 8.69. The summed E-state index contributed by atoms with van der Waals surface area (Å²) in [5.74, 6) is -0.650. The third-order valence-corrected chi connectivity index (χ3v) is 13.6. The first-order valence-corrected chi connectivity index (χ1v) is 20.7. The molecule has 1 fully saturated rings. The lowest BCUT2D eigenvalue weighted by molar-refractivity contribution is -0.151. The van der Waals surface area contributed by atoms with Gasteiger partial charge in [0, 0.05) is 34.9 Å². The molecule has 0 bridgehead atoms. The van der Waals surface area contributed by atoms with Crippen LogP contribution in [0, 0.1) is 5.92 Å². The highest BCUT2D eigenvalue weighted by molar-refractivity contribution is 6.72. The molecule has 0 unspecified atom stereocenters. The molecule has 0 aliphatic carbocycles. The zero-order valence-electron chi connectivity index (χ0n) is 29.9. The summed E-state index contributed by atoms with van der Waals surface area (Å²) in [6, 6.07) is 29.6. The van der Waals surface area contributed by atoms with Crippen LogP contribution in [0.1, 0.15) is 35.6 Å². The Balaban J connectivity index is 1.23. The van der Waals surface area contributed by atoms with Gasteiger partial charge in [-0.1, -0.05) is 61.5 Å². The van der Waals surface area contributed by atoms with Gasteiger partial charge in [0.2, 0.25) is 20.7 Å². The molecule has 1 N–H and O–H groups in total. The average molecular weight is 722 g/mol. The van der Waals surface area contributed by atoms with E-state index in [2.05, 4.69) is 0 Å². The summed E-state index contributed by atoms with van der Waals surface area (Å²) in [7, 11) is -2.00. The van der Waals surface area contributed by atoms with Crippen LogP contribution in [0.5, 0.6) is 5.75 Å². The monoisotopic (exact) mass is 721 g/mol. The van der Waals surface area contributed by atoms with Crippen molar-refractivity contribution >= 4 is 43.7 Å². The topological polar surface area (TPSA) is 99.6 Å². The number of benzene rings is 4. The quantitative estimate of drug-likeness (QED) is 0.112. The SMILES string of the molecule is COc1ccc2c(c1)[C@]1(O[C@@H](CC(=O)N3Cc4ccccc4C[C@H]3CO)[C@H]([Si](C)(C)F)[C@H]1C)C(=O)N2Cc1cccc(N(C=O)c2ccccc2)c1. The number of para-hydroxylation sites is 1. The molecule has 3 aliphatic heterocycles. The summed E-state index contributed by atoms with van der Waals surface area (Å²) in [4.78, 5) is 46.2. The maximum atomic E-state index is 16.6. The van der Waals surface area contributed by atoms with Gasteiger partial charge in [0.05, 0.1) is 44.5 Å². The Hall–Kier alpha value is -4.84. The number of carbonyl (C=O) groups is 3. The fraction of sp³-hybridized carbons (Fsp3) is 0.341. The third kappa shape index (κ3) is 6.10. The van der Waals surface area contributed by atoms with Gasteiger partial charge in [0.1, 0.15) is 5.75 Å². The minimum Gasteiger partial charge on any atom is -0.497 e. The Morgan fingerprint density at radius 3 is 2.42 bits per heavy atom. The number of methoxy groups -OCH3 is 1. The molecule has 52 heavy (non-hydrogen) atoms. The summed E-state index contributed by atoms with van der Waals surface area (Å²) >= 11 is 0. The van der Waals surface area contributed by atoms with E-state index in [1.54, 1.807) is 47.0 Å². The van der Waals surface area contributed by atoms with Crippen LogP contribution in [0.4, 0.5) is 21.2 Å². The molecule has 0 aromatic heterocycles. The van der Waals surface area contributed by atoms with Crippen molar-refractivity contribution in [2.75, 3.05) is 23.5 Å². The van der Waals surface area contributed by atoms with Gasteiger partial charge in [0.15, 0.2) is 5.60 Å². The Bertz CT molecular complexity index is 1990. The number of aliphatic hydroxyl groups excluding tert-OH is 1. The highest BCUT2D eigenvalue weighted by atomic mass is 28.4. The zero-order valence-corrected chi connectivity index (χ0v) is 30.9. The van der Waals surface area contributed by atoms with E-state index in [-0.39, 0.29) is 31.4 Å². The van der Waals surface area contributed by atoms with Gasteiger partial charge < -0.3 is 28.5 Å². The maximum Gasteiger partial charge on any atom is 0.264 e. The van der Waals surface area contributed by atoms with E-state index < -0.39 is 37.6 Å².